The number of carboxylic acid groups (broad SMARTS) is 1. The van der Waals surface area contributed by atoms with Crippen LogP contribution in [0.4, 0.5) is 11.5 Å². The molecule has 1 atom stereocenters. The molecule has 1 aromatic carbocycles. The number of benzene rings is 1. The van der Waals surface area contributed by atoms with Crippen molar-refractivity contribution in [1.82, 2.24) is 9.97 Å². The number of hydrogen-bond acceptors (Lipinski definition) is 9. The molecule has 2 aromatic rings. The first-order chi connectivity index (χ1) is 11.7. The normalized spacial score (nSPS) is 11.4. The average Bonchev–Trinajstić information content (AvgIpc) is 2.53. The van der Waals surface area contributed by atoms with Gasteiger partial charge in [0.2, 0.25) is 5.82 Å². The van der Waals surface area contributed by atoms with Crippen molar-refractivity contribution >= 4 is 28.7 Å². The predicted molar refractivity (Wildman–Crippen MR) is 83.6 cm³/mol. The molecule has 12 heteroatoms. The summed E-state index contributed by atoms with van der Waals surface area (Å²) in [7, 11) is 0. The molecule has 0 fully saturated rings. The standard InChI is InChI=1S/C13H9N5O6S/c1-25(23)13-16-10(15)9(18(21)22)11(17-13)24-8-4-6(5-14)2-3-7(8)12(19)20/h2-4H,1H3,(H,19,20)(H2,15,16,17). The van der Waals surface area contributed by atoms with Crippen molar-refractivity contribution in [3.05, 3.63) is 39.4 Å². The predicted octanol–water partition coefficient (Wildman–Crippen LogP) is 1.07. The Bertz CT molecular complexity index is 911. The average molecular weight is 363 g/mol. The van der Waals surface area contributed by atoms with Gasteiger partial charge in [-0.15, -0.1) is 4.98 Å². The number of aromatic nitrogens is 2. The molecule has 1 heterocycles. The van der Waals surface area contributed by atoms with Crippen LogP contribution in [-0.2, 0) is 11.2 Å². The van der Waals surface area contributed by atoms with Crippen molar-refractivity contribution in [2.75, 3.05) is 12.0 Å². The van der Waals surface area contributed by atoms with Crippen LogP contribution in [0.2, 0.25) is 0 Å². The van der Waals surface area contributed by atoms with Gasteiger partial charge in [-0.25, -0.2) is 4.79 Å². The third-order valence-electron chi connectivity index (χ3n) is 2.85. The highest BCUT2D eigenvalue weighted by Crippen LogP contribution is 2.35. The van der Waals surface area contributed by atoms with Crippen LogP contribution in [-0.4, -0.2) is 36.8 Å². The van der Waals surface area contributed by atoms with E-state index in [1.807, 2.05) is 0 Å². The van der Waals surface area contributed by atoms with Crippen molar-refractivity contribution in [3.63, 3.8) is 0 Å². The second kappa shape index (κ2) is 6.99. The number of nitrogen functional groups attached to an aromatic ring is 1. The lowest BCUT2D eigenvalue weighted by Gasteiger charge is -2.10. The first-order valence-electron chi connectivity index (χ1n) is 6.35. The number of nitriles is 1. The first kappa shape index (κ1) is 17.9. The monoisotopic (exact) mass is 363 g/mol. The van der Waals surface area contributed by atoms with Crippen LogP contribution in [0.25, 0.3) is 0 Å². The largest absolute Gasteiger partial charge is 0.609 e. The number of nitrogens with zero attached hydrogens (tertiary/aromatic N) is 4. The second-order valence-electron chi connectivity index (χ2n) is 4.49. The number of rotatable bonds is 5. The molecule has 3 N–H and O–H groups in total. The molecule has 0 aliphatic heterocycles. The van der Waals surface area contributed by atoms with E-state index in [0.717, 1.165) is 12.1 Å². The van der Waals surface area contributed by atoms with E-state index in [2.05, 4.69) is 9.97 Å². The van der Waals surface area contributed by atoms with Gasteiger partial charge >= 0.3 is 22.7 Å². The van der Waals surface area contributed by atoms with E-state index < -0.39 is 39.5 Å². The van der Waals surface area contributed by atoms with Gasteiger partial charge < -0.3 is 20.1 Å². The Morgan fingerprint density at radius 3 is 2.68 bits per heavy atom. The zero-order valence-corrected chi connectivity index (χ0v) is 13.3. The number of aromatic carboxylic acids is 1. The van der Waals surface area contributed by atoms with E-state index in [-0.39, 0.29) is 22.0 Å². The van der Waals surface area contributed by atoms with Crippen LogP contribution >= 0.6 is 0 Å². The fourth-order valence-corrected chi connectivity index (χ4v) is 2.20. The second-order valence-corrected chi connectivity index (χ2v) is 5.76. The maximum atomic E-state index is 11.5. The summed E-state index contributed by atoms with van der Waals surface area (Å²) in [5, 5.41) is 28.9. The summed E-state index contributed by atoms with van der Waals surface area (Å²) >= 11 is -1.72. The molecule has 2 rings (SSSR count). The quantitative estimate of drug-likeness (QED) is 0.336. The third kappa shape index (κ3) is 3.74. The molecule has 0 bridgehead atoms. The number of nitro groups is 1. The number of carbonyl (C=O) groups is 1. The summed E-state index contributed by atoms with van der Waals surface area (Å²) in [5.41, 5.74) is 4.38. The Morgan fingerprint density at radius 2 is 2.16 bits per heavy atom. The van der Waals surface area contributed by atoms with Crippen LogP contribution in [0.1, 0.15) is 15.9 Å². The molecule has 0 aliphatic rings. The van der Waals surface area contributed by atoms with Crippen molar-refractivity contribution < 1.29 is 24.1 Å². The number of anilines is 1. The van der Waals surface area contributed by atoms with Crippen molar-refractivity contribution in [1.29, 1.82) is 5.26 Å². The van der Waals surface area contributed by atoms with E-state index >= 15 is 0 Å². The van der Waals surface area contributed by atoms with Gasteiger partial charge in [-0.3, -0.25) is 10.1 Å². The van der Waals surface area contributed by atoms with Gasteiger partial charge in [0, 0.05) is 11.2 Å². The topological polar surface area (TPSA) is 188 Å². The van der Waals surface area contributed by atoms with Gasteiger partial charge in [-0.2, -0.15) is 10.2 Å². The summed E-state index contributed by atoms with van der Waals surface area (Å²) in [6.45, 7) is 0. The molecule has 0 radical (unpaired) electrons. The van der Waals surface area contributed by atoms with Crippen LogP contribution < -0.4 is 10.5 Å². The van der Waals surface area contributed by atoms with Gasteiger partial charge in [-0.1, -0.05) is 0 Å². The SMILES string of the molecule is C[S+]([O-])c1nc(N)c([N+](=O)[O-])c(Oc2cc(C#N)ccc2C(=O)O)n1. The Hall–Kier alpha value is -3.43. The molecule has 11 nitrogen and oxygen atoms in total. The first-order valence-corrected chi connectivity index (χ1v) is 7.91. The van der Waals surface area contributed by atoms with Gasteiger partial charge in [0.25, 0.3) is 0 Å². The number of carboxylic acids is 1. The zero-order valence-electron chi connectivity index (χ0n) is 12.5. The van der Waals surface area contributed by atoms with Gasteiger partial charge in [0.1, 0.15) is 17.6 Å². The summed E-state index contributed by atoms with van der Waals surface area (Å²) in [4.78, 5) is 28.8. The van der Waals surface area contributed by atoms with Gasteiger partial charge in [0.15, 0.2) is 0 Å². The summed E-state index contributed by atoms with van der Waals surface area (Å²) < 4.78 is 16.8. The lowest BCUT2D eigenvalue weighted by Crippen LogP contribution is -2.11. The van der Waals surface area contributed by atoms with E-state index in [4.69, 9.17) is 15.7 Å². The van der Waals surface area contributed by atoms with E-state index in [1.54, 1.807) is 6.07 Å². The molecular formula is C13H9N5O6S. The minimum Gasteiger partial charge on any atom is -0.609 e. The highest BCUT2D eigenvalue weighted by molar-refractivity contribution is 7.90. The highest BCUT2D eigenvalue weighted by Gasteiger charge is 2.29. The van der Waals surface area contributed by atoms with E-state index in [0.29, 0.717) is 0 Å². The molecule has 0 amide bonds. The lowest BCUT2D eigenvalue weighted by molar-refractivity contribution is -0.385. The van der Waals surface area contributed by atoms with Gasteiger partial charge in [0.05, 0.1) is 16.6 Å². The molecular weight excluding hydrogens is 354 g/mol. The Labute approximate surface area is 143 Å². The minimum atomic E-state index is -1.72. The number of nitrogens with two attached hydrogens (primary N) is 1. The van der Waals surface area contributed by atoms with Crippen LogP contribution in [0.15, 0.2) is 23.4 Å². The van der Waals surface area contributed by atoms with E-state index in [1.165, 1.54) is 12.3 Å². The molecule has 0 saturated carbocycles. The maximum Gasteiger partial charge on any atom is 0.373 e. The maximum absolute atomic E-state index is 11.5. The summed E-state index contributed by atoms with van der Waals surface area (Å²) in [6, 6.07) is 5.21. The number of hydrogen-bond donors (Lipinski definition) is 2. The molecule has 128 valence electrons. The lowest BCUT2D eigenvalue weighted by atomic mass is 10.1. The fraction of sp³-hybridized carbons (Fsp3) is 0.0769. The molecule has 25 heavy (non-hydrogen) atoms. The van der Waals surface area contributed by atoms with E-state index in [9.17, 15) is 24.6 Å². The molecule has 1 unspecified atom stereocenters. The Kier molecular flexibility index (Phi) is 5.01. The number of ether oxygens (including phenoxy) is 1. The Balaban J connectivity index is 2.65. The van der Waals surface area contributed by atoms with Crippen molar-refractivity contribution in [2.45, 2.75) is 5.16 Å². The van der Waals surface area contributed by atoms with Crippen LogP contribution in [0, 0.1) is 21.4 Å². The van der Waals surface area contributed by atoms with Crippen molar-refractivity contribution in [2.24, 2.45) is 0 Å². The molecule has 1 aromatic heterocycles. The third-order valence-corrected chi connectivity index (χ3v) is 3.54. The smallest absolute Gasteiger partial charge is 0.373 e. The van der Waals surface area contributed by atoms with Gasteiger partial charge in [-0.05, 0) is 18.2 Å². The summed E-state index contributed by atoms with van der Waals surface area (Å²) in [6.07, 6.45) is 1.23. The van der Waals surface area contributed by atoms with Crippen LogP contribution in [0.5, 0.6) is 11.6 Å². The minimum absolute atomic E-state index is 0.0592. The molecule has 0 aliphatic carbocycles. The zero-order chi connectivity index (χ0) is 18.7. The fourth-order valence-electron chi connectivity index (χ4n) is 1.76. The summed E-state index contributed by atoms with van der Waals surface area (Å²) in [5.74, 6) is -3.02. The van der Waals surface area contributed by atoms with Crippen LogP contribution in [0.3, 0.4) is 0 Å². The molecule has 0 spiro atoms. The molecule has 0 saturated heterocycles. The highest BCUT2D eigenvalue weighted by atomic mass is 32.2. The Morgan fingerprint density at radius 1 is 1.48 bits per heavy atom. The van der Waals surface area contributed by atoms with Crippen molar-refractivity contribution in [3.8, 4) is 17.7 Å².